The Morgan fingerprint density at radius 1 is 0.743 bits per heavy atom. The van der Waals surface area contributed by atoms with E-state index in [1.807, 2.05) is 12.1 Å². The summed E-state index contributed by atoms with van der Waals surface area (Å²) in [6.07, 6.45) is 1.57. The average molecular weight is 477 g/mol. The van der Waals surface area contributed by atoms with E-state index in [0.29, 0.717) is 11.5 Å². The lowest BCUT2D eigenvalue weighted by molar-refractivity contribution is 0.212. The van der Waals surface area contributed by atoms with Crippen molar-refractivity contribution in [1.29, 1.82) is 0 Å². The van der Waals surface area contributed by atoms with Gasteiger partial charge in [-0.15, -0.1) is 0 Å². The number of anilines is 1. The van der Waals surface area contributed by atoms with Crippen LogP contribution >= 0.6 is 0 Å². The molecule has 0 bridgehead atoms. The van der Waals surface area contributed by atoms with Crippen LogP contribution in [0.3, 0.4) is 0 Å². The van der Waals surface area contributed by atoms with Gasteiger partial charge in [0.15, 0.2) is 11.5 Å². The molecular formula is C27H26F2N4O2. The molecule has 2 heterocycles. The van der Waals surface area contributed by atoms with Gasteiger partial charge < -0.3 is 14.4 Å². The number of hydrogen-bond acceptors (Lipinski definition) is 6. The molecule has 6 nitrogen and oxygen atoms in total. The number of aromatic nitrogens is 2. The Labute approximate surface area is 202 Å². The molecule has 1 fully saturated rings. The predicted molar refractivity (Wildman–Crippen MR) is 131 cm³/mol. The molecule has 0 aliphatic carbocycles. The molecule has 180 valence electrons. The first-order valence-electron chi connectivity index (χ1n) is 11.4. The summed E-state index contributed by atoms with van der Waals surface area (Å²) in [5, 5.41) is 0.896. The zero-order valence-corrected chi connectivity index (χ0v) is 19.6. The fourth-order valence-corrected chi connectivity index (χ4v) is 4.72. The third-order valence-electron chi connectivity index (χ3n) is 6.47. The number of methoxy groups -OCH3 is 2. The number of fused-ring (bicyclic) bond motifs is 1. The maximum absolute atomic E-state index is 13.6. The first-order chi connectivity index (χ1) is 17.1. The minimum absolute atomic E-state index is 0.107. The first-order valence-corrected chi connectivity index (χ1v) is 11.4. The molecule has 0 atom stereocenters. The summed E-state index contributed by atoms with van der Waals surface area (Å²) in [6, 6.07) is 16.7. The van der Waals surface area contributed by atoms with E-state index in [4.69, 9.17) is 9.47 Å². The molecule has 1 aliphatic heterocycles. The van der Waals surface area contributed by atoms with Gasteiger partial charge in [0.25, 0.3) is 0 Å². The van der Waals surface area contributed by atoms with Crippen molar-refractivity contribution in [3.63, 3.8) is 0 Å². The number of benzene rings is 3. The van der Waals surface area contributed by atoms with Crippen LogP contribution in [0.2, 0.25) is 0 Å². The molecule has 0 saturated carbocycles. The molecule has 0 unspecified atom stereocenters. The van der Waals surface area contributed by atoms with Crippen LogP contribution in [0.15, 0.2) is 67.0 Å². The van der Waals surface area contributed by atoms with E-state index < -0.39 is 0 Å². The van der Waals surface area contributed by atoms with Gasteiger partial charge in [-0.3, -0.25) is 4.90 Å². The van der Waals surface area contributed by atoms with Crippen molar-refractivity contribution in [3.05, 3.63) is 89.8 Å². The van der Waals surface area contributed by atoms with Crippen LogP contribution in [0, 0.1) is 11.6 Å². The molecular weight excluding hydrogens is 450 g/mol. The van der Waals surface area contributed by atoms with Gasteiger partial charge in [-0.2, -0.15) is 0 Å². The van der Waals surface area contributed by atoms with Crippen LogP contribution in [-0.4, -0.2) is 55.3 Å². The van der Waals surface area contributed by atoms with Crippen molar-refractivity contribution in [2.45, 2.75) is 6.04 Å². The number of piperazine rings is 1. The molecule has 3 aromatic carbocycles. The van der Waals surface area contributed by atoms with E-state index in [1.165, 1.54) is 24.3 Å². The summed E-state index contributed by atoms with van der Waals surface area (Å²) in [5.41, 5.74) is 2.72. The minimum atomic E-state index is -0.279. The summed E-state index contributed by atoms with van der Waals surface area (Å²) in [4.78, 5) is 13.6. The van der Waals surface area contributed by atoms with Crippen molar-refractivity contribution in [1.82, 2.24) is 14.9 Å². The Morgan fingerprint density at radius 2 is 1.29 bits per heavy atom. The minimum Gasteiger partial charge on any atom is -0.493 e. The lowest BCUT2D eigenvalue weighted by atomic mass is 9.96. The second-order valence-corrected chi connectivity index (χ2v) is 8.45. The van der Waals surface area contributed by atoms with E-state index in [9.17, 15) is 8.78 Å². The average Bonchev–Trinajstić information content (AvgIpc) is 2.90. The smallest absolute Gasteiger partial charge is 0.162 e. The summed E-state index contributed by atoms with van der Waals surface area (Å²) >= 11 is 0. The van der Waals surface area contributed by atoms with Gasteiger partial charge in [-0.1, -0.05) is 24.3 Å². The van der Waals surface area contributed by atoms with Crippen LogP contribution < -0.4 is 14.4 Å². The highest BCUT2D eigenvalue weighted by Crippen LogP contribution is 2.36. The highest BCUT2D eigenvalue weighted by molar-refractivity contribution is 5.92. The zero-order chi connectivity index (χ0) is 24.4. The van der Waals surface area contributed by atoms with Crippen molar-refractivity contribution in [3.8, 4) is 11.5 Å². The highest BCUT2D eigenvalue weighted by Gasteiger charge is 2.28. The van der Waals surface area contributed by atoms with Gasteiger partial charge in [0.05, 0.1) is 25.8 Å². The Morgan fingerprint density at radius 3 is 1.83 bits per heavy atom. The molecule has 1 aliphatic rings. The Balaban J connectivity index is 1.43. The van der Waals surface area contributed by atoms with Crippen LogP contribution in [0.5, 0.6) is 11.5 Å². The number of nitrogens with zero attached hydrogens (tertiary/aromatic N) is 4. The Hall–Kier alpha value is -3.78. The molecule has 4 aromatic rings. The number of hydrogen-bond donors (Lipinski definition) is 0. The number of ether oxygens (including phenoxy) is 2. The topological polar surface area (TPSA) is 50.7 Å². The lowest BCUT2D eigenvalue weighted by Crippen LogP contribution is -2.48. The summed E-state index contributed by atoms with van der Waals surface area (Å²) in [5.74, 6) is 1.53. The van der Waals surface area contributed by atoms with Crippen molar-refractivity contribution in [2.75, 3.05) is 45.3 Å². The molecule has 0 amide bonds. The molecule has 1 aromatic heterocycles. The summed E-state index contributed by atoms with van der Waals surface area (Å²) in [6.45, 7) is 2.97. The first kappa shape index (κ1) is 23.0. The van der Waals surface area contributed by atoms with E-state index in [2.05, 4.69) is 19.8 Å². The maximum Gasteiger partial charge on any atom is 0.162 e. The third-order valence-corrected chi connectivity index (χ3v) is 6.47. The fraction of sp³-hybridized carbons (Fsp3) is 0.259. The van der Waals surface area contributed by atoms with E-state index in [1.54, 1.807) is 44.8 Å². The zero-order valence-electron chi connectivity index (χ0n) is 19.6. The van der Waals surface area contributed by atoms with Gasteiger partial charge in [0.1, 0.15) is 23.8 Å². The molecule has 0 N–H and O–H groups in total. The quantitative estimate of drug-likeness (QED) is 0.397. The van der Waals surface area contributed by atoms with Gasteiger partial charge in [0, 0.05) is 37.6 Å². The number of rotatable bonds is 6. The molecule has 0 radical (unpaired) electrons. The summed E-state index contributed by atoms with van der Waals surface area (Å²) in [7, 11) is 3.21. The predicted octanol–water partition coefficient (Wildman–Crippen LogP) is 4.84. The van der Waals surface area contributed by atoms with E-state index in [-0.39, 0.29) is 17.7 Å². The van der Waals surface area contributed by atoms with Crippen LogP contribution in [0.1, 0.15) is 17.2 Å². The molecule has 0 spiro atoms. The largest absolute Gasteiger partial charge is 0.493 e. The van der Waals surface area contributed by atoms with E-state index in [0.717, 1.165) is 54.0 Å². The molecule has 5 rings (SSSR count). The van der Waals surface area contributed by atoms with Crippen LogP contribution in [0.25, 0.3) is 10.9 Å². The van der Waals surface area contributed by atoms with Crippen molar-refractivity contribution >= 4 is 16.7 Å². The molecule has 35 heavy (non-hydrogen) atoms. The van der Waals surface area contributed by atoms with E-state index >= 15 is 0 Å². The van der Waals surface area contributed by atoms with Crippen LogP contribution in [-0.2, 0) is 0 Å². The van der Waals surface area contributed by atoms with Gasteiger partial charge in [-0.05, 0) is 41.5 Å². The van der Waals surface area contributed by atoms with Gasteiger partial charge in [0.2, 0.25) is 0 Å². The third kappa shape index (κ3) is 4.61. The van der Waals surface area contributed by atoms with Crippen LogP contribution in [0.4, 0.5) is 14.6 Å². The van der Waals surface area contributed by atoms with Gasteiger partial charge in [-0.25, -0.2) is 18.7 Å². The second-order valence-electron chi connectivity index (χ2n) is 8.45. The SMILES string of the molecule is COc1cc2ncnc(N3CCN(C(c4ccc(F)cc4)c4ccc(F)cc4)CC3)c2cc1OC. The second kappa shape index (κ2) is 9.84. The number of halogens is 2. The maximum atomic E-state index is 13.6. The monoisotopic (exact) mass is 476 g/mol. The summed E-state index contributed by atoms with van der Waals surface area (Å²) < 4.78 is 38.1. The standard InChI is InChI=1S/C27H26F2N4O2/c1-34-24-15-22-23(16-25(24)35-2)30-17-31-27(22)33-13-11-32(12-14-33)26(18-3-7-20(28)8-4-18)19-5-9-21(29)10-6-19/h3-10,15-17,26H,11-14H2,1-2H3. The van der Waals surface area contributed by atoms with Crippen molar-refractivity contribution in [2.24, 2.45) is 0 Å². The highest BCUT2D eigenvalue weighted by atomic mass is 19.1. The van der Waals surface area contributed by atoms with Crippen molar-refractivity contribution < 1.29 is 18.3 Å². The molecule has 8 heteroatoms. The normalized spacial score (nSPS) is 14.5. The fourth-order valence-electron chi connectivity index (χ4n) is 4.72. The lowest BCUT2D eigenvalue weighted by Gasteiger charge is -2.40. The Bertz CT molecular complexity index is 1260. The molecule has 1 saturated heterocycles. The Kier molecular flexibility index (Phi) is 6.46. The van der Waals surface area contributed by atoms with Gasteiger partial charge >= 0.3 is 0 Å².